The molecule has 4 rings (SSSR count). The number of halogens is 1. The lowest BCUT2D eigenvalue weighted by Crippen LogP contribution is -2.43. The number of aliphatic imine (C=N–C) groups is 1. The number of rotatable bonds is 2. The van der Waals surface area contributed by atoms with Gasteiger partial charge in [-0.05, 0) is 61.6 Å². The molecule has 0 spiro atoms. The summed E-state index contributed by atoms with van der Waals surface area (Å²) < 4.78 is 6.70. The molecule has 0 bridgehead atoms. The number of hydrogen-bond acceptors (Lipinski definition) is 3. The third-order valence-electron chi connectivity index (χ3n) is 5.24. The van der Waals surface area contributed by atoms with Gasteiger partial charge in [-0.25, -0.2) is 4.79 Å². The minimum Gasteiger partial charge on any atom is -0.444 e. The van der Waals surface area contributed by atoms with Gasteiger partial charge in [0.15, 0.2) is 0 Å². The summed E-state index contributed by atoms with van der Waals surface area (Å²) in [5, 5.41) is 2.42. The predicted octanol–water partition coefficient (Wildman–Crippen LogP) is 6.19. The van der Waals surface area contributed by atoms with Crippen LogP contribution in [-0.2, 0) is 4.74 Å². The second-order valence-electron chi connectivity index (χ2n) is 8.42. The summed E-state index contributed by atoms with van der Waals surface area (Å²) in [5.74, 6) is 0. The Morgan fingerprint density at radius 1 is 1.18 bits per heavy atom. The molecule has 1 atom stereocenters. The summed E-state index contributed by atoms with van der Waals surface area (Å²) in [6, 6.07) is 12.7. The third-order valence-corrected chi connectivity index (χ3v) is 5.93. The number of amides is 1. The molecule has 2 aliphatic heterocycles. The van der Waals surface area contributed by atoms with Gasteiger partial charge in [-0.3, -0.25) is 9.89 Å². The van der Waals surface area contributed by atoms with Crippen molar-refractivity contribution in [1.82, 2.24) is 4.90 Å². The second kappa shape index (κ2) is 7.36. The van der Waals surface area contributed by atoms with Gasteiger partial charge in [-0.2, -0.15) is 0 Å². The highest BCUT2D eigenvalue weighted by Gasteiger charge is 2.36. The van der Waals surface area contributed by atoms with Crippen molar-refractivity contribution in [1.29, 1.82) is 0 Å². The van der Waals surface area contributed by atoms with Gasteiger partial charge < -0.3 is 4.74 Å². The summed E-state index contributed by atoms with van der Waals surface area (Å²) in [7, 11) is 0. The highest BCUT2D eigenvalue weighted by Crippen LogP contribution is 2.35. The van der Waals surface area contributed by atoms with Gasteiger partial charge in [0.1, 0.15) is 5.60 Å². The first-order valence-electron chi connectivity index (χ1n) is 9.76. The fourth-order valence-corrected chi connectivity index (χ4v) is 4.52. The van der Waals surface area contributed by atoms with E-state index >= 15 is 0 Å². The van der Waals surface area contributed by atoms with Gasteiger partial charge in [-0.15, -0.1) is 0 Å². The minimum atomic E-state index is -0.485. The number of carbonyl (C=O) groups is 1. The van der Waals surface area contributed by atoms with E-state index in [4.69, 9.17) is 9.73 Å². The first kappa shape index (κ1) is 19.2. The van der Waals surface area contributed by atoms with Gasteiger partial charge in [0.05, 0.1) is 6.04 Å². The zero-order valence-corrected chi connectivity index (χ0v) is 18.1. The molecule has 28 heavy (non-hydrogen) atoms. The van der Waals surface area contributed by atoms with Crippen LogP contribution < -0.4 is 0 Å². The fourth-order valence-electron chi connectivity index (χ4n) is 4.02. The Kier molecular flexibility index (Phi) is 5.04. The molecule has 1 amide bonds. The van der Waals surface area contributed by atoms with E-state index in [2.05, 4.69) is 52.3 Å². The van der Waals surface area contributed by atoms with E-state index in [0.29, 0.717) is 0 Å². The Hall–Kier alpha value is -2.14. The zero-order valence-electron chi connectivity index (χ0n) is 16.5. The molecular formula is C23H25BrN2O2. The van der Waals surface area contributed by atoms with Crippen LogP contribution in [0.3, 0.4) is 0 Å². The van der Waals surface area contributed by atoms with E-state index in [-0.39, 0.29) is 12.1 Å². The molecule has 0 N–H and O–H groups in total. The average molecular weight is 441 g/mol. The average Bonchev–Trinajstić information content (AvgIpc) is 3.29. The maximum absolute atomic E-state index is 12.6. The highest BCUT2D eigenvalue weighted by molar-refractivity contribution is 9.10. The van der Waals surface area contributed by atoms with Crippen LogP contribution in [0.5, 0.6) is 0 Å². The molecule has 1 unspecified atom stereocenters. The maximum Gasteiger partial charge on any atom is 0.410 e. The number of fused-ring (bicyclic) bond motifs is 1. The van der Waals surface area contributed by atoms with Crippen molar-refractivity contribution in [3.63, 3.8) is 0 Å². The molecule has 1 fully saturated rings. The van der Waals surface area contributed by atoms with E-state index in [1.54, 1.807) is 0 Å². The Bertz CT molecular complexity index is 988. The van der Waals surface area contributed by atoms with E-state index in [0.717, 1.165) is 36.0 Å². The molecule has 5 heteroatoms. The SMILES string of the molecule is CC(C)(C)OC(=O)N1CCCC1C1=NC=C(c2cccc3c(Br)cccc23)C1. The number of carbonyl (C=O) groups excluding carboxylic acids is 1. The van der Waals surface area contributed by atoms with Crippen molar-refractivity contribution in [2.45, 2.75) is 51.7 Å². The van der Waals surface area contributed by atoms with Crippen molar-refractivity contribution in [2.75, 3.05) is 6.54 Å². The lowest BCUT2D eigenvalue weighted by atomic mass is 9.94. The zero-order chi connectivity index (χ0) is 19.9. The second-order valence-corrected chi connectivity index (χ2v) is 9.28. The quantitative estimate of drug-likeness (QED) is 0.558. The lowest BCUT2D eigenvalue weighted by Gasteiger charge is -2.28. The molecule has 146 valence electrons. The predicted molar refractivity (Wildman–Crippen MR) is 118 cm³/mol. The first-order valence-corrected chi connectivity index (χ1v) is 10.6. The molecule has 4 nitrogen and oxygen atoms in total. The van der Waals surface area contributed by atoms with Crippen LogP contribution in [0.1, 0.15) is 45.6 Å². The molecule has 0 saturated carbocycles. The number of allylic oxidation sites excluding steroid dienone is 1. The fraction of sp³-hybridized carbons (Fsp3) is 0.391. The molecule has 2 aromatic rings. The lowest BCUT2D eigenvalue weighted by molar-refractivity contribution is 0.0265. The molecular weight excluding hydrogens is 416 g/mol. The summed E-state index contributed by atoms with van der Waals surface area (Å²) in [6.07, 6.45) is 4.44. The van der Waals surface area contributed by atoms with Crippen LogP contribution in [0.15, 0.2) is 52.1 Å². The standard InChI is InChI=1S/C23H25BrN2O2/c1-23(2,3)28-22(27)26-12-6-11-21(26)20-13-15(14-25-20)16-7-4-9-18-17(16)8-5-10-19(18)24/h4-5,7-10,14,21H,6,11-13H2,1-3H3. The minimum absolute atomic E-state index is 0.0327. The number of hydrogen-bond donors (Lipinski definition) is 0. The van der Waals surface area contributed by atoms with Gasteiger partial charge in [-0.1, -0.05) is 46.3 Å². The molecule has 0 radical (unpaired) electrons. The molecule has 2 aromatic carbocycles. The van der Waals surface area contributed by atoms with Crippen molar-refractivity contribution in [3.8, 4) is 0 Å². The largest absolute Gasteiger partial charge is 0.444 e. The summed E-state index contributed by atoms with van der Waals surface area (Å²) in [6.45, 7) is 6.44. The van der Waals surface area contributed by atoms with Crippen LogP contribution in [-0.4, -0.2) is 34.9 Å². The topological polar surface area (TPSA) is 41.9 Å². The monoisotopic (exact) mass is 440 g/mol. The summed E-state index contributed by atoms with van der Waals surface area (Å²) in [5.41, 5.74) is 2.99. The molecule has 1 saturated heterocycles. The normalized spacial score (nSPS) is 19.7. The number of likely N-dealkylation sites (tertiary alicyclic amines) is 1. The van der Waals surface area contributed by atoms with Gasteiger partial charge in [0.25, 0.3) is 0 Å². The smallest absolute Gasteiger partial charge is 0.410 e. The number of nitrogens with zero attached hydrogens (tertiary/aromatic N) is 2. The summed E-state index contributed by atoms with van der Waals surface area (Å²) >= 11 is 3.65. The Balaban J connectivity index is 1.54. The number of benzene rings is 2. The van der Waals surface area contributed by atoms with E-state index < -0.39 is 5.60 Å². The Morgan fingerprint density at radius 3 is 2.71 bits per heavy atom. The molecule has 2 aliphatic rings. The van der Waals surface area contributed by atoms with Crippen LogP contribution in [0.4, 0.5) is 4.79 Å². The van der Waals surface area contributed by atoms with Crippen molar-refractivity contribution in [3.05, 3.63) is 52.6 Å². The van der Waals surface area contributed by atoms with Gasteiger partial charge in [0, 0.05) is 29.3 Å². The first-order chi connectivity index (χ1) is 13.3. The van der Waals surface area contributed by atoms with Gasteiger partial charge >= 0.3 is 6.09 Å². The van der Waals surface area contributed by atoms with Crippen LogP contribution in [0.2, 0.25) is 0 Å². The number of ether oxygens (including phenoxy) is 1. The molecule has 0 aliphatic carbocycles. The van der Waals surface area contributed by atoms with Crippen LogP contribution in [0.25, 0.3) is 16.3 Å². The van der Waals surface area contributed by atoms with Crippen molar-refractivity contribution < 1.29 is 9.53 Å². The van der Waals surface area contributed by atoms with Crippen molar-refractivity contribution >= 4 is 44.1 Å². The van der Waals surface area contributed by atoms with Crippen LogP contribution in [0, 0.1) is 0 Å². The Morgan fingerprint density at radius 2 is 1.93 bits per heavy atom. The third kappa shape index (κ3) is 3.72. The van der Waals surface area contributed by atoms with E-state index in [1.807, 2.05) is 31.9 Å². The van der Waals surface area contributed by atoms with Crippen LogP contribution >= 0.6 is 15.9 Å². The molecule has 2 heterocycles. The molecule has 0 aromatic heterocycles. The van der Waals surface area contributed by atoms with E-state index in [9.17, 15) is 4.79 Å². The summed E-state index contributed by atoms with van der Waals surface area (Å²) in [4.78, 5) is 19.2. The van der Waals surface area contributed by atoms with Gasteiger partial charge in [0.2, 0.25) is 0 Å². The van der Waals surface area contributed by atoms with Crippen molar-refractivity contribution in [2.24, 2.45) is 4.99 Å². The van der Waals surface area contributed by atoms with E-state index in [1.165, 1.54) is 21.9 Å². The Labute approximate surface area is 174 Å². The highest BCUT2D eigenvalue weighted by atomic mass is 79.9. The maximum atomic E-state index is 12.6.